The Morgan fingerprint density at radius 2 is 2.62 bits per heavy atom. The zero-order chi connectivity index (χ0) is 5.82. The lowest BCUT2D eigenvalue weighted by molar-refractivity contribution is 0.310. The molecule has 1 nitrogen and oxygen atoms in total. The Morgan fingerprint density at radius 1 is 1.75 bits per heavy atom. The van der Waals surface area contributed by atoms with Crippen molar-refractivity contribution in [3.63, 3.8) is 0 Å². The maximum atomic E-state index is 3.19. The van der Waals surface area contributed by atoms with Crippen LogP contribution in [0.1, 0.15) is 13.3 Å². The summed E-state index contributed by atoms with van der Waals surface area (Å²) in [7, 11) is 0. The highest BCUT2D eigenvalue weighted by Gasteiger charge is 2.00. The summed E-state index contributed by atoms with van der Waals surface area (Å²) in [5, 5.41) is 0. The largest absolute Gasteiger partial charge is 0.299 e. The van der Waals surface area contributed by atoms with Crippen LogP contribution in [0.25, 0.3) is 0 Å². The van der Waals surface area contributed by atoms with Crippen LogP contribution in [0, 0.1) is 6.08 Å². The number of hydrogen-bond donors (Lipinski definition) is 0. The standard InChI is InChI=1S/C7H12N/c1-2-8-6-4-3-5-7-8/h3H,2,4,6-7H2,1H3. The van der Waals surface area contributed by atoms with Crippen LogP contribution in [-0.2, 0) is 0 Å². The number of nitrogens with zero attached hydrogens (tertiary/aromatic N) is 1. The molecule has 1 rings (SSSR count). The van der Waals surface area contributed by atoms with Gasteiger partial charge in [-0.3, -0.25) is 4.90 Å². The highest BCUT2D eigenvalue weighted by Crippen LogP contribution is 1.97. The first-order chi connectivity index (χ1) is 3.93. The molecule has 1 heterocycles. The molecule has 8 heavy (non-hydrogen) atoms. The van der Waals surface area contributed by atoms with E-state index >= 15 is 0 Å². The lowest BCUT2D eigenvalue weighted by atomic mass is 10.2. The van der Waals surface area contributed by atoms with Crippen LogP contribution >= 0.6 is 0 Å². The van der Waals surface area contributed by atoms with Gasteiger partial charge >= 0.3 is 0 Å². The zero-order valence-corrected chi connectivity index (χ0v) is 5.35. The summed E-state index contributed by atoms with van der Waals surface area (Å²) in [6.07, 6.45) is 6.51. The summed E-state index contributed by atoms with van der Waals surface area (Å²) >= 11 is 0. The Morgan fingerprint density at radius 3 is 3.00 bits per heavy atom. The van der Waals surface area contributed by atoms with E-state index in [0.29, 0.717) is 0 Å². The summed E-state index contributed by atoms with van der Waals surface area (Å²) in [6, 6.07) is 0. The van der Waals surface area contributed by atoms with Gasteiger partial charge in [-0.2, -0.15) is 0 Å². The van der Waals surface area contributed by atoms with E-state index in [9.17, 15) is 0 Å². The Kier molecular flexibility index (Phi) is 2.10. The molecule has 0 saturated carbocycles. The van der Waals surface area contributed by atoms with E-state index in [4.69, 9.17) is 0 Å². The third-order valence-corrected chi connectivity index (χ3v) is 1.50. The second-order valence-corrected chi connectivity index (χ2v) is 2.07. The van der Waals surface area contributed by atoms with Crippen LogP contribution in [0.5, 0.6) is 0 Å². The zero-order valence-electron chi connectivity index (χ0n) is 5.35. The first-order valence-corrected chi connectivity index (χ1v) is 3.21. The monoisotopic (exact) mass is 110 g/mol. The summed E-state index contributed by atoms with van der Waals surface area (Å²) in [5.41, 5.74) is 0. The molecule has 1 aliphatic rings. The van der Waals surface area contributed by atoms with Gasteiger partial charge in [-0.1, -0.05) is 13.0 Å². The van der Waals surface area contributed by atoms with Gasteiger partial charge < -0.3 is 0 Å². The van der Waals surface area contributed by atoms with Crippen LogP contribution in [0.2, 0.25) is 0 Å². The Labute approximate surface area is 51.0 Å². The number of hydrogen-bond acceptors (Lipinski definition) is 1. The third kappa shape index (κ3) is 1.34. The molecule has 0 atom stereocenters. The first-order valence-electron chi connectivity index (χ1n) is 3.21. The van der Waals surface area contributed by atoms with Gasteiger partial charge in [-0.25, -0.2) is 0 Å². The van der Waals surface area contributed by atoms with E-state index in [-0.39, 0.29) is 0 Å². The SMILES string of the molecule is CCN1C[C]=CCC1. The van der Waals surface area contributed by atoms with E-state index in [1.54, 1.807) is 0 Å². The fraction of sp³-hybridized carbons (Fsp3) is 0.714. The lowest BCUT2D eigenvalue weighted by Gasteiger charge is -2.19. The molecule has 0 fully saturated rings. The van der Waals surface area contributed by atoms with Gasteiger partial charge in [-0.15, -0.1) is 0 Å². The van der Waals surface area contributed by atoms with E-state index in [1.807, 2.05) is 0 Å². The van der Waals surface area contributed by atoms with E-state index in [1.165, 1.54) is 19.5 Å². The molecule has 0 saturated heterocycles. The van der Waals surface area contributed by atoms with Gasteiger partial charge in [0.2, 0.25) is 0 Å². The average Bonchev–Trinajstić information content (AvgIpc) is 1.90. The van der Waals surface area contributed by atoms with Crippen molar-refractivity contribution in [2.45, 2.75) is 13.3 Å². The van der Waals surface area contributed by atoms with Crippen molar-refractivity contribution in [1.82, 2.24) is 4.90 Å². The van der Waals surface area contributed by atoms with Gasteiger partial charge in [0.15, 0.2) is 0 Å². The summed E-state index contributed by atoms with van der Waals surface area (Å²) < 4.78 is 0. The minimum atomic E-state index is 1.04. The first kappa shape index (κ1) is 5.83. The van der Waals surface area contributed by atoms with Gasteiger partial charge in [0.1, 0.15) is 0 Å². The second-order valence-electron chi connectivity index (χ2n) is 2.07. The predicted octanol–water partition coefficient (Wildman–Crippen LogP) is 1.07. The Hall–Kier alpha value is -0.300. The molecule has 1 heteroatoms. The van der Waals surface area contributed by atoms with Crippen LogP contribution in [0.3, 0.4) is 0 Å². The summed E-state index contributed by atoms with van der Waals surface area (Å²) in [6.45, 7) is 5.62. The molecule has 0 spiro atoms. The number of rotatable bonds is 1. The van der Waals surface area contributed by atoms with Crippen molar-refractivity contribution in [3.8, 4) is 0 Å². The predicted molar refractivity (Wildman–Crippen MR) is 34.5 cm³/mol. The molecular formula is C7H12N. The normalized spacial score (nSPS) is 21.6. The van der Waals surface area contributed by atoms with Crippen LogP contribution in [0.4, 0.5) is 0 Å². The van der Waals surface area contributed by atoms with E-state index < -0.39 is 0 Å². The van der Waals surface area contributed by atoms with E-state index in [0.717, 1.165) is 6.54 Å². The lowest BCUT2D eigenvalue weighted by Crippen LogP contribution is -2.26. The Balaban J connectivity index is 2.27. The van der Waals surface area contributed by atoms with Gasteiger partial charge in [0.25, 0.3) is 0 Å². The maximum Gasteiger partial charge on any atom is 0.0233 e. The molecule has 0 aromatic carbocycles. The molecule has 1 aliphatic heterocycles. The molecule has 45 valence electrons. The number of likely N-dealkylation sites (N-methyl/N-ethyl adjacent to an activating group) is 1. The fourth-order valence-electron chi connectivity index (χ4n) is 0.892. The van der Waals surface area contributed by atoms with Crippen molar-refractivity contribution in [3.05, 3.63) is 12.2 Å². The highest BCUT2D eigenvalue weighted by molar-refractivity contribution is 4.83. The average molecular weight is 110 g/mol. The summed E-state index contributed by atoms with van der Waals surface area (Å²) in [4.78, 5) is 2.38. The molecule has 0 bridgehead atoms. The molecule has 0 N–H and O–H groups in total. The maximum absolute atomic E-state index is 3.19. The van der Waals surface area contributed by atoms with Gasteiger partial charge in [-0.05, 0) is 19.0 Å². The van der Waals surface area contributed by atoms with Crippen LogP contribution in [0.15, 0.2) is 6.08 Å². The van der Waals surface area contributed by atoms with Crippen molar-refractivity contribution in [1.29, 1.82) is 0 Å². The highest BCUT2D eigenvalue weighted by atomic mass is 15.1. The topological polar surface area (TPSA) is 3.24 Å². The van der Waals surface area contributed by atoms with Gasteiger partial charge in [0, 0.05) is 13.1 Å². The smallest absolute Gasteiger partial charge is 0.0233 e. The minimum Gasteiger partial charge on any atom is -0.299 e. The molecule has 0 aliphatic carbocycles. The van der Waals surface area contributed by atoms with Crippen LogP contribution in [-0.4, -0.2) is 24.5 Å². The van der Waals surface area contributed by atoms with Crippen molar-refractivity contribution in [2.24, 2.45) is 0 Å². The van der Waals surface area contributed by atoms with E-state index in [2.05, 4.69) is 24.0 Å². The van der Waals surface area contributed by atoms with Crippen LogP contribution < -0.4 is 0 Å². The van der Waals surface area contributed by atoms with Crippen molar-refractivity contribution in [2.75, 3.05) is 19.6 Å². The molecular weight excluding hydrogens is 98.1 g/mol. The molecule has 0 unspecified atom stereocenters. The summed E-state index contributed by atoms with van der Waals surface area (Å²) in [5.74, 6) is 0. The van der Waals surface area contributed by atoms with Gasteiger partial charge in [0.05, 0.1) is 0 Å². The molecule has 0 amide bonds. The Bertz CT molecular complexity index is 86.4. The van der Waals surface area contributed by atoms with Crippen molar-refractivity contribution < 1.29 is 0 Å². The second kappa shape index (κ2) is 2.88. The molecule has 0 aromatic rings. The molecule has 1 radical (unpaired) electrons. The quantitative estimate of drug-likeness (QED) is 0.488. The van der Waals surface area contributed by atoms with Crippen molar-refractivity contribution >= 4 is 0 Å². The minimum absolute atomic E-state index is 1.04. The molecule has 0 aromatic heterocycles. The third-order valence-electron chi connectivity index (χ3n) is 1.50. The fourth-order valence-corrected chi connectivity index (χ4v) is 0.892.